The number of halogens is 1. The first-order valence-electron chi connectivity index (χ1n) is 13.8. The maximum Gasteiger partial charge on any atom is 0.255 e. The van der Waals surface area contributed by atoms with Gasteiger partial charge in [0.1, 0.15) is 5.82 Å². The van der Waals surface area contributed by atoms with E-state index in [0.29, 0.717) is 17.9 Å². The zero-order valence-corrected chi connectivity index (χ0v) is 22.6. The lowest BCUT2D eigenvalue weighted by Gasteiger charge is -2.36. The number of carbonyl (C=O) groups is 1. The van der Waals surface area contributed by atoms with Crippen molar-refractivity contribution in [3.05, 3.63) is 83.9 Å². The van der Waals surface area contributed by atoms with Crippen molar-refractivity contribution in [2.24, 2.45) is 0 Å². The third-order valence-corrected chi connectivity index (χ3v) is 7.70. The molecule has 1 unspecified atom stereocenters. The van der Waals surface area contributed by atoms with Crippen LogP contribution in [0, 0.1) is 5.82 Å². The van der Waals surface area contributed by atoms with Gasteiger partial charge in [-0.2, -0.15) is 0 Å². The number of ether oxygens (including phenoxy) is 2. The van der Waals surface area contributed by atoms with Crippen molar-refractivity contribution in [1.29, 1.82) is 0 Å². The molecular weight excluding hydrogens is 495 g/mol. The molecule has 0 bridgehead atoms. The molecule has 8 heteroatoms. The van der Waals surface area contributed by atoms with Gasteiger partial charge < -0.3 is 19.3 Å². The predicted molar refractivity (Wildman–Crippen MR) is 150 cm³/mol. The topological polar surface area (TPSA) is 58.1 Å². The average molecular weight is 533 g/mol. The quantitative estimate of drug-likeness (QED) is 0.386. The molecule has 2 saturated heterocycles. The Morgan fingerprint density at radius 1 is 1.00 bits per heavy atom. The number of hydrogen-bond donors (Lipinski definition) is 0. The summed E-state index contributed by atoms with van der Waals surface area (Å²) in [7, 11) is 1.66. The van der Waals surface area contributed by atoms with E-state index in [2.05, 4.69) is 26.9 Å². The second kappa shape index (κ2) is 12.9. The Labute approximate surface area is 230 Å². The first-order chi connectivity index (χ1) is 19.1. The number of pyridine rings is 1. The van der Waals surface area contributed by atoms with E-state index in [9.17, 15) is 9.18 Å². The fourth-order valence-electron chi connectivity index (χ4n) is 5.53. The first kappa shape index (κ1) is 26.9. The van der Waals surface area contributed by atoms with E-state index in [1.54, 1.807) is 25.6 Å². The van der Waals surface area contributed by atoms with Crippen LogP contribution in [0.2, 0.25) is 0 Å². The molecule has 3 heterocycles. The van der Waals surface area contributed by atoms with Crippen molar-refractivity contribution >= 4 is 11.6 Å². The lowest BCUT2D eigenvalue weighted by atomic mass is 9.98. The molecule has 39 heavy (non-hydrogen) atoms. The Bertz CT molecular complexity index is 1220. The minimum atomic E-state index is -0.204. The Kier molecular flexibility index (Phi) is 8.93. The number of nitrogens with zero attached hydrogens (tertiary/aromatic N) is 4. The zero-order chi connectivity index (χ0) is 27.0. The number of rotatable bonds is 9. The molecule has 1 amide bonds. The Morgan fingerprint density at radius 3 is 2.56 bits per heavy atom. The molecule has 206 valence electrons. The number of methoxy groups -OCH3 is 1. The molecule has 5 rings (SSSR count). The lowest BCUT2D eigenvalue weighted by Crippen LogP contribution is -2.45. The van der Waals surface area contributed by atoms with Gasteiger partial charge in [-0.05, 0) is 73.4 Å². The van der Waals surface area contributed by atoms with Gasteiger partial charge in [0, 0.05) is 69.8 Å². The maximum absolute atomic E-state index is 13.3. The number of likely N-dealkylation sites (tertiary alicyclic amines) is 1. The molecule has 0 saturated carbocycles. The molecule has 0 aliphatic carbocycles. The number of anilines is 1. The van der Waals surface area contributed by atoms with Crippen molar-refractivity contribution in [3.8, 4) is 11.5 Å². The van der Waals surface area contributed by atoms with E-state index in [1.165, 1.54) is 17.7 Å². The standard InChI is InChI=1S/C31H37FN4O3/c1-38-29-12-7-24(23-34-16-18-35(19-17-34)27-10-8-26(32)9-11-27)21-30(29)39-20-13-28-6-2-3-15-36(28)31(37)25-5-4-14-33-22-25/h4-5,7-12,14,21-22,28H,2-3,6,13,15-20,23H2,1H3. The van der Waals surface area contributed by atoms with E-state index in [1.807, 2.05) is 29.2 Å². The van der Waals surface area contributed by atoms with Crippen LogP contribution < -0.4 is 14.4 Å². The highest BCUT2D eigenvalue weighted by molar-refractivity contribution is 5.94. The summed E-state index contributed by atoms with van der Waals surface area (Å²) < 4.78 is 25.1. The first-order valence-corrected chi connectivity index (χ1v) is 13.8. The van der Waals surface area contributed by atoms with Crippen molar-refractivity contribution < 1.29 is 18.7 Å². The number of amides is 1. The number of hydrogen-bond acceptors (Lipinski definition) is 6. The van der Waals surface area contributed by atoms with Gasteiger partial charge in [-0.3, -0.25) is 14.7 Å². The lowest BCUT2D eigenvalue weighted by molar-refractivity contribution is 0.0579. The molecule has 0 N–H and O–H groups in total. The minimum absolute atomic E-state index is 0.0481. The normalized spacial score (nSPS) is 18.2. The van der Waals surface area contributed by atoms with Crippen LogP contribution in [0.4, 0.5) is 10.1 Å². The molecule has 2 aliphatic heterocycles. The number of carbonyl (C=O) groups excluding carboxylic acids is 1. The van der Waals surface area contributed by atoms with Crippen LogP contribution in [0.25, 0.3) is 0 Å². The molecule has 1 atom stereocenters. The smallest absolute Gasteiger partial charge is 0.255 e. The van der Waals surface area contributed by atoms with E-state index >= 15 is 0 Å². The number of piperazine rings is 1. The molecule has 1 aromatic heterocycles. The molecule has 3 aromatic rings. The van der Waals surface area contributed by atoms with E-state index in [-0.39, 0.29) is 17.8 Å². The van der Waals surface area contributed by atoms with E-state index < -0.39 is 0 Å². The summed E-state index contributed by atoms with van der Waals surface area (Å²) in [5.74, 6) is 1.30. The predicted octanol–water partition coefficient (Wildman–Crippen LogP) is 5.02. The monoisotopic (exact) mass is 532 g/mol. The van der Waals surface area contributed by atoms with Crippen LogP contribution in [0.5, 0.6) is 11.5 Å². The molecule has 2 aromatic carbocycles. The van der Waals surface area contributed by atoms with Crippen LogP contribution in [0.1, 0.15) is 41.6 Å². The fraction of sp³-hybridized carbons (Fsp3) is 0.419. The summed E-state index contributed by atoms with van der Waals surface area (Å²) in [6.45, 7) is 5.78. The molecule has 0 spiro atoms. The molecule has 2 aliphatic rings. The van der Waals surface area contributed by atoms with Crippen molar-refractivity contribution in [1.82, 2.24) is 14.8 Å². The van der Waals surface area contributed by atoms with Crippen molar-refractivity contribution in [2.75, 3.05) is 51.3 Å². The largest absolute Gasteiger partial charge is 0.493 e. The third kappa shape index (κ3) is 6.87. The van der Waals surface area contributed by atoms with Crippen molar-refractivity contribution in [2.45, 2.75) is 38.3 Å². The van der Waals surface area contributed by atoms with Crippen LogP contribution in [-0.4, -0.2) is 73.2 Å². The molecular formula is C31H37FN4O3. The van der Waals surface area contributed by atoms with Crippen LogP contribution in [0.3, 0.4) is 0 Å². The molecule has 2 fully saturated rings. The maximum atomic E-state index is 13.3. The van der Waals surface area contributed by atoms with Gasteiger partial charge in [-0.25, -0.2) is 4.39 Å². The minimum Gasteiger partial charge on any atom is -0.493 e. The summed E-state index contributed by atoms with van der Waals surface area (Å²) in [6, 6.07) is 16.7. The Hall–Kier alpha value is -3.65. The van der Waals surface area contributed by atoms with Gasteiger partial charge in [0.15, 0.2) is 11.5 Å². The second-order valence-corrected chi connectivity index (χ2v) is 10.3. The van der Waals surface area contributed by atoms with Crippen molar-refractivity contribution in [3.63, 3.8) is 0 Å². The second-order valence-electron chi connectivity index (χ2n) is 10.3. The number of piperidine rings is 1. The van der Waals surface area contributed by atoms with Gasteiger partial charge >= 0.3 is 0 Å². The third-order valence-electron chi connectivity index (χ3n) is 7.70. The SMILES string of the molecule is COc1ccc(CN2CCN(c3ccc(F)cc3)CC2)cc1OCCC1CCCCN1C(=O)c1cccnc1. The Balaban J connectivity index is 1.15. The highest BCUT2D eigenvalue weighted by atomic mass is 19.1. The van der Waals surface area contributed by atoms with Crippen LogP contribution in [0.15, 0.2) is 67.0 Å². The van der Waals surface area contributed by atoms with Gasteiger partial charge in [0.25, 0.3) is 5.91 Å². The number of aromatic nitrogens is 1. The van der Waals surface area contributed by atoms with Gasteiger partial charge in [0.05, 0.1) is 19.3 Å². The highest BCUT2D eigenvalue weighted by Gasteiger charge is 2.27. The summed E-state index contributed by atoms with van der Waals surface area (Å²) in [4.78, 5) is 23.9. The van der Waals surface area contributed by atoms with Gasteiger partial charge in [-0.15, -0.1) is 0 Å². The van der Waals surface area contributed by atoms with E-state index in [4.69, 9.17) is 9.47 Å². The average Bonchev–Trinajstić information content (AvgIpc) is 2.98. The van der Waals surface area contributed by atoms with Gasteiger partial charge in [-0.1, -0.05) is 6.07 Å². The number of benzene rings is 2. The summed E-state index contributed by atoms with van der Waals surface area (Å²) in [5.41, 5.74) is 2.88. The van der Waals surface area contributed by atoms with E-state index in [0.717, 1.165) is 76.4 Å². The Morgan fingerprint density at radius 2 is 1.82 bits per heavy atom. The van der Waals surface area contributed by atoms with Crippen LogP contribution in [-0.2, 0) is 6.54 Å². The summed E-state index contributed by atoms with van der Waals surface area (Å²) in [6.07, 6.45) is 7.23. The molecule has 0 radical (unpaired) electrons. The summed E-state index contributed by atoms with van der Waals surface area (Å²) in [5, 5.41) is 0. The summed E-state index contributed by atoms with van der Waals surface area (Å²) >= 11 is 0. The fourth-order valence-corrected chi connectivity index (χ4v) is 5.53. The zero-order valence-electron chi connectivity index (χ0n) is 22.6. The van der Waals surface area contributed by atoms with Crippen LogP contribution >= 0.6 is 0 Å². The highest BCUT2D eigenvalue weighted by Crippen LogP contribution is 2.30. The molecule has 7 nitrogen and oxygen atoms in total. The van der Waals surface area contributed by atoms with Gasteiger partial charge in [0.2, 0.25) is 0 Å².